The summed E-state index contributed by atoms with van der Waals surface area (Å²) < 4.78 is 21.9. The Morgan fingerprint density at radius 2 is 2.09 bits per heavy atom. The Bertz CT molecular complexity index is 1100. The minimum absolute atomic E-state index is 0.206. The fraction of sp³-hybridized carbons (Fsp3) is 0.261. The van der Waals surface area contributed by atoms with Crippen LogP contribution >= 0.6 is 0 Å². The second kappa shape index (κ2) is 9.19. The van der Waals surface area contributed by atoms with Crippen LogP contribution in [0.3, 0.4) is 0 Å². The SMILES string of the molecule is CC(=O)NC[C@H]1CN(c2ccc(-c3ccc([C@H](O)Cn4ccnc4)cc3)c(F)c2)C(=O)O1. The molecule has 166 valence electrons. The average Bonchev–Trinajstić information content (AvgIpc) is 3.41. The number of nitrogens with one attached hydrogen (secondary N) is 1. The summed E-state index contributed by atoms with van der Waals surface area (Å²) in [4.78, 5) is 28.5. The normalized spacial score (nSPS) is 16.7. The van der Waals surface area contributed by atoms with Crippen LogP contribution in [0.4, 0.5) is 14.9 Å². The van der Waals surface area contributed by atoms with Gasteiger partial charge in [-0.3, -0.25) is 9.69 Å². The third kappa shape index (κ3) is 4.78. The molecule has 1 fully saturated rings. The van der Waals surface area contributed by atoms with Crippen LogP contribution in [0.25, 0.3) is 11.1 Å². The molecule has 2 N–H and O–H groups in total. The van der Waals surface area contributed by atoms with Crippen LogP contribution < -0.4 is 10.2 Å². The lowest BCUT2D eigenvalue weighted by atomic mass is 10.0. The van der Waals surface area contributed by atoms with Gasteiger partial charge in [0.05, 0.1) is 37.8 Å². The summed E-state index contributed by atoms with van der Waals surface area (Å²) >= 11 is 0. The van der Waals surface area contributed by atoms with Gasteiger partial charge in [0, 0.05) is 24.9 Å². The van der Waals surface area contributed by atoms with Crippen molar-refractivity contribution >= 4 is 17.7 Å². The van der Waals surface area contributed by atoms with E-state index in [1.54, 1.807) is 59.7 Å². The zero-order valence-electron chi connectivity index (χ0n) is 17.4. The summed E-state index contributed by atoms with van der Waals surface area (Å²) in [5.74, 6) is -0.692. The number of halogens is 1. The molecule has 0 aliphatic carbocycles. The molecular formula is C23H23FN4O4. The Kier molecular flexibility index (Phi) is 6.18. The molecule has 3 aromatic rings. The van der Waals surface area contributed by atoms with E-state index in [0.29, 0.717) is 28.9 Å². The van der Waals surface area contributed by atoms with E-state index in [0.717, 1.165) is 0 Å². The number of anilines is 1. The van der Waals surface area contributed by atoms with Gasteiger partial charge >= 0.3 is 6.09 Å². The van der Waals surface area contributed by atoms with Crippen LogP contribution in [0.1, 0.15) is 18.6 Å². The first-order valence-corrected chi connectivity index (χ1v) is 10.2. The third-order valence-electron chi connectivity index (χ3n) is 5.27. The van der Waals surface area contributed by atoms with Crippen molar-refractivity contribution in [2.45, 2.75) is 25.7 Å². The van der Waals surface area contributed by atoms with E-state index < -0.39 is 24.1 Å². The lowest BCUT2D eigenvalue weighted by molar-refractivity contribution is -0.119. The fourth-order valence-corrected chi connectivity index (χ4v) is 3.59. The number of aromatic nitrogens is 2. The predicted molar refractivity (Wildman–Crippen MR) is 115 cm³/mol. The van der Waals surface area contributed by atoms with Crippen molar-refractivity contribution < 1.29 is 23.8 Å². The minimum atomic E-state index is -0.711. The molecule has 0 radical (unpaired) electrons. The highest BCUT2D eigenvalue weighted by atomic mass is 19.1. The highest BCUT2D eigenvalue weighted by molar-refractivity contribution is 5.90. The molecule has 1 aliphatic heterocycles. The average molecular weight is 438 g/mol. The number of aliphatic hydroxyl groups excluding tert-OH is 1. The molecule has 4 rings (SSSR count). The molecule has 1 aliphatic rings. The number of imidazole rings is 1. The zero-order valence-corrected chi connectivity index (χ0v) is 17.4. The highest BCUT2D eigenvalue weighted by Gasteiger charge is 2.32. The first-order valence-electron chi connectivity index (χ1n) is 10.2. The molecule has 0 spiro atoms. The zero-order chi connectivity index (χ0) is 22.7. The summed E-state index contributed by atoms with van der Waals surface area (Å²) in [7, 11) is 0. The van der Waals surface area contributed by atoms with Crippen molar-refractivity contribution in [3.63, 3.8) is 0 Å². The van der Waals surface area contributed by atoms with Gasteiger partial charge in [-0.05, 0) is 29.3 Å². The number of nitrogens with zero attached hydrogens (tertiary/aromatic N) is 3. The van der Waals surface area contributed by atoms with Crippen molar-refractivity contribution in [3.8, 4) is 11.1 Å². The van der Waals surface area contributed by atoms with Crippen LogP contribution in [0.5, 0.6) is 0 Å². The molecule has 2 atom stereocenters. The quantitative estimate of drug-likeness (QED) is 0.591. The van der Waals surface area contributed by atoms with E-state index in [9.17, 15) is 19.1 Å². The van der Waals surface area contributed by atoms with Crippen molar-refractivity contribution in [1.82, 2.24) is 14.9 Å². The molecule has 1 aromatic heterocycles. The van der Waals surface area contributed by atoms with E-state index in [2.05, 4.69) is 10.3 Å². The Labute approximate surface area is 184 Å². The van der Waals surface area contributed by atoms with Crippen molar-refractivity contribution in [2.24, 2.45) is 0 Å². The van der Waals surface area contributed by atoms with Crippen LogP contribution in [-0.2, 0) is 16.1 Å². The lowest BCUT2D eigenvalue weighted by Gasteiger charge is -2.15. The number of amides is 2. The van der Waals surface area contributed by atoms with Gasteiger partial charge in [-0.1, -0.05) is 24.3 Å². The smallest absolute Gasteiger partial charge is 0.414 e. The third-order valence-corrected chi connectivity index (χ3v) is 5.27. The van der Waals surface area contributed by atoms with Gasteiger partial charge in [0.2, 0.25) is 5.91 Å². The summed E-state index contributed by atoms with van der Waals surface area (Å²) in [5.41, 5.74) is 2.13. The van der Waals surface area contributed by atoms with E-state index in [-0.39, 0.29) is 19.0 Å². The standard InChI is InChI=1S/C23H23FN4O4/c1-15(29)26-11-19-12-28(23(31)32-19)18-6-7-20(21(24)10-18)16-2-4-17(5-3-16)22(30)13-27-9-8-25-14-27/h2-10,14,19,22,30H,11-13H2,1H3,(H,26,29)/t19-,22+/m0/s1. The van der Waals surface area contributed by atoms with Gasteiger partial charge in [-0.25, -0.2) is 14.2 Å². The minimum Gasteiger partial charge on any atom is -0.442 e. The number of cyclic esters (lactones) is 1. The lowest BCUT2D eigenvalue weighted by Crippen LogP contribution is -2.33. The molecule has 1 saturated heterocycles. The van der Waals surface area contributed by atoms with E-state index in [1.165, 1.54) is 17.9 Å². The number of carbonyl (C=O) groups excluding carboxylic acids is 2. The molecule has 8 nitrogen and oxygen atoms in total. The van der Waals surface area contributed by atoms with Crippen molar-refractivity contribution in [2.75, 3.05) is 18.0 Å². The number of ether oxygens (including phenoxy) is 1. The summed E-state index contributed by atoms with van der Waals surface area (Å²) in [5, 5.41) is 13.0. The summed E-state index contributed by atoms with van der Waals surface area (Å²) in [6.45, 7) is 2.19. The van der Waals surface area contributed by atoms with Crippen LogP contribution in [0.2, 0.25) is 0 Å². The Morgan fingerprint density at radius 3 is 2.75 bits per heavy atom. The first kappa shape index (κ1) is 21.5. The van der Waals surface area contributed by atoms with Gasteiger partial charge in [-0.2, -0.15) is 0 Å². The Morgan fingerprint density at radius 1 is 1.31 bits per heavy atom. The monoisotopic (exact) mass is 438 g/mol. The molecule has 0 bridgehead atoms. The van der Waals surface area contributed by atoms with Gasteiger partial charge in [0.15, 0.2) is 0 Å². The maximum Gasteiger partial charge on any atom is 0.414 e. The second-order valence-electron chi connectivity index (χ2n) is 7.61. The number of aliphatic hydroxyl groups is 1. The summed E-state index contributed by atoms with van der Waals surface area (Å²) in [6, 6.07) is 11.6. The molecule has 0 unspecified atom stereocenters. The Hall–Kier alpha value is -3.72. The van der Waals surface area contributed by atoms with Crippen molar-refractivity contribution in [3.05, 3.63) is 72.6 Å². The van der Waals surface area contributed by atoms with Gasteiger partial charge in [0.1, 0.15) is 11.9 Å². The number of hydrogen-bond acceptors (Lipinski definition) is 5. The molecule has 2 heterocycles. The number of rotatable bonds is 7. The highest BCUT2D eigenvalue weighted by Crippen LogP contribution is 2.30. The molecule has 2 aromatic carbocycles. The molecule has 9 heteroatoms. The maximum absolute atomic E-state index is 14.9. The van der Waals surface area contributed by atoms with E-state index >= 15 is 0 Å². The summed E-state index contributed by atoms with van der Waals surface area (Å²) in [6.07, 6.45) is 3.27. The second-order valence-corrected chi connectivity index (χ2v) is 7.61. The Balaban J connectivity index is 1.45. The topological polar surface area (TPSA) is 96.7 Å². The van der Waals surface area contributed by atoms with E-state index in [1.807, 2.05) is 0 Å². The first-order chi connectivity index (χ1) is 15.4. The van der Waals surface area contributed by atoms with E-state index in [4.69, 9.17) is 4.74 Å². The molecule has 2 amide bonds. The van der Waals surface area contributed by atoms with Gasteiger partial charge < -0.3 is 19.7 Å². The maximum atomic E-state index is 14.9. The largest absolute Gasteiger partial charge is 0.442 e. The van der Waals surface area contributed by atoms with Gasteiger partial charge in [-0.15, -0.1) is 0 Å². The predicted octanol–water partition coefficient (Wildman–Crippen LogP) is 2.88. The molecule has 0 saturated carbocycles. The number of benzene rings is 2. The molecular weight excluding hydrogens is 415 g/mol. The molecule has 32 heavy (non-hydrogen) atoms. The fourth-order valence-electron chi connectivity index (χ4n) is 3.59. The van der Waals surface area contributed by atoms with Crippen LogP contribution in [-0.4, -0.2) is 45.9 Å². The number of carbonyl (C=O) groups is 2. The van der Waals surface area contributed by atoms with Crippen LogP contribution in [0, 0.1) is 5.82 Å². The number of hydrogen-bond donors (Lipinski definition) is 2. The van der Waals surface area contributed by atoms with Crippen LogP contribution in [0.15, 0.2) is 61.2 Å². The van der Waals surface area contributed by atoms with Gasteiger partial charge in [0.25, 0.3) is 0 Å². The van der Waals surface area contributed by atoms with Crippen molar-refractivity contribution in [1.29, 1.82) is 0 Å².